The summed E-state index contributed by atoms with van der Waals surface area (Å²) in [5.41, 5.74) is 0. The van der Waals surface area contributed by atoms with Crippen molar-refractivity contribution in [3.05, 3.63) is 0 Å². The van der Waals surface area contributed by atoms with Crippen LogP contribution < -0.4 is 0 Å². The zero-order chi connectivity index (χ0) is 25.8. The van der Waals surface area contributed by atoms with E-state index in [4.69, 9.17) is 14.2 Å². The van der Waals surface area contributed by atoms with Crippen molar-refractivity contribution in [2.75, 3.05) is 6.61 Å². The number of rotatable bonds is 8. The van der Waals surface area contributed by atoms with Crippen molar-refractivity contribution in [3.8, 4) is 0 Å². The van der Waals surface area contributed by atoms with Crippen LogP contribution >= 0.6 is 0 Å². The number of hydrogen-bond donors (Lipinski definition) is 0. The number of carbonyl (C=O) groups excluding carboxylic acids is 3. The summed E-state index contributed by atoms with van der Waals surface area (Å²) in [6, 6.07) is 0. The molecule has 208 valence electrons. The molecular weight excluding hydrogens is 468 g/mol. The summed E-state index contributed by atoms with van der Waals surface area (Å²) in [5, 5.41) is 0. The Balaban J connectivity index is 1.39. The summed E-state index contributed by atoms with van der Waals surface area (Å²) >= 11 is 0. The normalized spacial score (nSPS) is 36.4. The van der Waals surface area contributed by atoms with Crippen molar-refractivity contribution in [2.24, 2.45) is 41.4 Å². The Morgan fingerprint density at radius 2 is 1.08 bits per heavy atom. The molecule has 6 nitrogen and oxygen atoms in total. The summed E-state index contributed by atoms with van der Waals surface area (Å²) in [6.07, 6.45) is 16.7. The predicted octanol–water partition coefficient (Wildman–Crippen LogP) is 6.39. The van der Waals surface area contributed by atoms with Gasteiger partial charge in [-0.05, 0) is 70.1 Å². The third-order valence-electron chi connectivity index (χ3n) is 10.5. The Morgan fingerprint density at radius 3 is 1.65 bits per heavy atom. The lowest BCUT2D eigenvalue weighted by atomic mass is 9.54. The van der Waals surface area contributed by atoms with Gasteiger partial charge in [-0.15, -0.1) is 0 Å². The van der Waals surface area contributed by atoms with Gasteiger partial charge in [-0.1, -0.05) is 44.9 Å². The standard InChI is InChI=1S/C31H48O6/c1-2-35-31(34)25-17-9-16-24-28(25)30(37-27(33)19-21-12-5-6-13-21)23-15-8-7-14-22(23)29(24)36-26(32)18-20-10-3-4-11-20/h20-25,28-30H,2-19H2,1H3. The van der Waals surface area contributed by atoms with Crippen molar-refractivity contribution in [1.29, 1.82) is 0 Å². The lowest BCUT2D eigenvalue weighted by molar-refractivity contribution is -0.208. The van der Waals surface area contributed by atoms with Crippen LogP contribution in [0.4, 0.5) is 0 Å². The van der Waals surface area contributed by atoms with Crippen molar-refractivity contribution in [2.45, 2.75) is 128 Å². The quantitative estimate of drug-likeness (QED) is 0.275. The first kappa shape index (κ1) is 27.0. The largest absolute Gasteiger partial charge is 0.466 e. The van der Waals surface area contributed by atoms with Crippen LogP contribution in [0.5, 0.6) is 0 Å². The van der Waals surface area contributed by atoms with Crippen LogP contribution in [0.1, 0.15) is 116 Å². The molecule has 5 fully saturated rings. The molecule has 37 heavy (non-hydrogen) atoms. The Bertz CT molecular complexity index is 798. The van der Waals surface area contributed by atoms with Crippen molar-refractivity contribution >= 4 is 17.9 Å². The molecule has 0 aromatic heterocycles. The van der Waals surface area contributed by atoms with Crippen LogP contribution in [-0.4, -0.2) is 36.7 Å². The van der Waals surface area contributed by atoms with Gasteiger partial charge < -0.3 is 14.2 Å². The molecule has 5 aliphatic carbocycles. The fourth-order valence-corrected chi connectivity index (χ4v) is 8.88. The zero-order valence-corrected chi connectivity index (χ0v) is 22.9. The minimum absolute atomic E-state index is 0.0549. The highest BCUT2D eigenvalue weighted by Gasteiger charge is 2.58. The van der Waals surface area contributed by atoms with Gasteiger partial charge >= 0.3 is 17.9 Å². The van der Waals surface area contributed by atoms with Gasteiger partial charge in [-0.25, -0.2) is 0 Å². The maximum absolute atomic E-state index is 13.2. The van der Waals surface area contributed by atoms with Gasteiger partial charge in [0, 0.05) is 36.5 Å². The Kier molecular flexibility index (Phi) is 9.13. The van der Waals surface area contributed by atoms with E-state index in [1.54, 1.807) is 0 Å². The smallest absolute Gasteiger partial charge is 0.309 e. The highest BCUT2D eigenvalue weighted by molar-refractivity contribution is 5.74. The Labute approximate surface area is 222 Å². The molecular formula is C31H48O6. The van der Waals surface area contributed by atoms with E-state index in [-0.39, 0.29) is 59.7 Å². The second-order valence-corrected chi connectivity index (χ2v) is 12.8. The summed E-state index contributed by atoms with van der Waals surface area (Å²) in [5.74, 6) is 0.585. The lowest BCUT2D eigenvalue weighted by Crippen LogP contribution is -2.60. The maximum Gasteiger partial charge on any atom is 0.309 e. The van der Waals surface area contributed by atoms with Crippen LogP contribution in [0.3, 0.4) is 0 Å². The molecule has 0 amide bonds. The maximum atomic E-state index is 13.2. The first-order chi connectivity index (χ1) is 18.0. The van der Waals surface area contributed by atoms with E-state index < -0.39 is 0 Å². The molecule has 0 heterocycles. The molecule has 5 rings (SSSR count). The van der Waals surface area contributed by atoms with Crippen molar-refractivity contribution < 1.29 is 28.6 Å². The number of carbonyl (C=O) groups is 3. The molecule has 0 radical (unpaired) electrons. The molecule has 5 saturated carbocycles. The fourth-order valence-electron chi connectivity index (χ4n) is 8.88. The summed E-state index contributed by atoms with van der Waals surface area (Å²) in [4.78, 5) is 39.6. The first-order valence-corrected chi connectivity index (χ1v) is 15.6. The lowest BCUT2D eigenvalue weighted by Gasteiger charge is -2.55. The SMILES string of the molecule is CCOC(=O)C1CCCC2C(OC(=O)CC3CCCC3)C3CCCCC3C(OC(=O)CC3CCCC3)C12. The van der Waals surface area contributed by atoms with Gasteiger partial charge in [0.1, 0.15) is 12.2 Å². The molecule has 0 saturated heterocycles. The van der Waals surface area contributed by atoms with Crippen LogP contribution in [0, 0.1) is 41.4 Å². The van der Waals surface area contributed by atoms with E-state index in [1.165, 1.54) is 25.7 Å². The van der Waals surface area contributed by atoms with Crippen LogP contribution in [0.2, 0.25) is 0 Å². The highest BCUT2D eigenvalue weighted by Crippen LogP contribution is 2.54. The van der Waals surface area contributed by atoms with Crippen molar-refractivity contribution in [1.82, 2.24) is 0 Å². The predicted molar refractivity (Wildman–Crippen MR) is 139 cm³/mol. The van der Waals surface area contributed by atoms with Gasteiger partial charge in [0.15, 0.2) is 0 Å². The molecule has 6 heteroatoms. The van der Waals surface area contributed by atoms with Crippen LogP contribution in [0.25, 0.3) is 0 Å². The third-order valence-corrected chi connectivity index (χ3v) is 10.5. The van der Waals surface area contributed by atoms with Gasteiger partial charge in [0.25, 0.3) is 0 Å². The van der Waals surface area contributed by atoms with E-state index in [0.29, 0.717) is 31.3 Å². The molecule has 0 aromatic carbocycles. The minimum Gasteiger partial charge on any atom is -0.466 e. The van der Waals surface area contributed by atoms with Gasteiger partial charge in [-0.2, -0.15) is 0 Å². The van der Waals surface area contributed by atoms with Gasteiger partial charge in [0.2, 0.25) is 0 Å². The topological polar surface area (TPSA) is 78.9 Å². The molecule has 0 aromatic rings. The molecule has 5 aliphatic rings. The summed E-state index contributed by atoms with van der Waals surface area (Å²) in [6.45, 7) is 2.20. The van der Waals surface area contributed by atoms with E-state index >= 15 is 0 Å². The zero-order valence-electron chi connectivity index (χ0n) is 22.9. The first-order valence-electron chi connectivity index (χ1n) is 15.6. The summed E-state index contributed by atoms with van der Waals surface area (Å²) < 4.78 is 18.4. The van der Waals surface area contributed by atoms with E-state index in [2.05, 4.69) is 0 Å². The van der Waals surface area contributed by atoms with Crippen LogP contribution in [0.15, 0.2) is 0 Å². The third kappa shape index (κ3) is 6.19. The molecule has 0 spiro atoms. The van der Waals surface area contributed by atoms with Crippen molar-refractivity contribution in [3.63, 3.8) is 0 Å². The molecule has 7 atom stereocenters. The summed E-state index contributed by atoms with van der Waals surface area (Å²) in [7, 11) is 0. The van der Waals surface area contributed by atoms with Crippen LogP contribution in [-0.2, 0) is 28.6 Å². The second-order valence-electron chi connectivity index (χ2n) is 12.8. The average molecular weight is 517 g/mol. The number of esters is 3. The van der Waals surface area contributed by atoms with Gasteiger partial charge in [0.05, 0.1) is 12.5 Å². The number of ether oxygens (including phenoxy) is 3. The highest BCUT2D eigenvalue weighted by atomic mass is 16.6. The Hall–Kier alpha value is -1.59. The van der Waals surface area contributed by atoms with E-state index in [1.807, 2.05) is 6.92 Å². The number of fused-ring (bicyclic) bond motifs is 2. The van der Waals surface area contributed by atoms with E-state index in [0.717, 1.165) is 70.6 Å². The van der Waals surface area contributed by atoms with Gasteiger partial charge in [-0.3, -0.25) is 14.4 Å². The molecule has 0 aliphatic heterocycles. The molecule has 0 bridgehead atoms. The van der Waals surface area contributed by atoms with E-state index in [9.17, 15) is 14.4 Å². The molecule has 0 N–H and O–H groups in total. The monoisotopic (exact) mass is 516 g/mol. The second kappa shape index (κ2) is 12.5. The minimum atomic E-state index is -0.290. The average Bonchev–Trinajstić information content (AvgIpc) is 3.60. The number of hydrogen-bond acceptors (Lipinski definition) is 6. The fraction of sp³-hybridized carbons (Fsp3) is 0.903. The molecule has 7 unspecified atom stereocenters. The Morgan fingerprint density at radius 1 is 0.595 bits per heavy atom.